The van der Waals surface area contributed by atoms with Crippen LogP contribution in [-0.4, -0.2) is 41.8 Å². The third-order valence-electron chi connectivity index (χ3n) is 6.32. The summed E-state index contributed by atoms with van der Waals surface area (Å²) < 4.78 is 5.60. The van der Waals surface area contributed by atoms with Gasteiger partial charge in [-0.25, -0.2) is 4.79 Å². The molecule has 1 fully saturated rings. The third kappa shape index (κ3) is 5.42. The summed E-state index contributed by atoms with van der Waals surface area (Å²) in [5.41, 5.74) is 2.68. The minimum Gasteiger partial charge on any atom is -0.481 e. The minimum absolute atomic E-state index is 0.0669. The van der Waals surface area contributed by atoms with Crippen molar-refractivity contribution in [1.82, 2.24) is 10.2 Å². The lowest BCUT2D eigenvalue weighted by Crippen LogP contribution is -2.57. The average Bonchev–Trinajstić information content (AvgIpc) is 2.70. The number of urea groups is 1. The van der Waals surface area contributed by atoms with E-state index in [4.69, 9.17) is 21.4 Å². The molecule has 0 radical (unpaired) electrons. The van der Waals surface area contributed by atoms with Gasteiger partial charge in [0.15, 0.2) is 0 Å². The van der Waals surface area contributed by atoms with E-state index in [0.717, 1.165) is 36.0 Å². The number of fused-ring (bicyclic) bond motifs is 1. The first kappa shape index (κ1) is 23.6. The standard InChI is InChI=1S/C24H33ClN2O4/c1-23(2,3)10-7-16-5-6-17(14-20(16)25)24-11-8-19(31-4)13-18(24)15-27(22(30)26-24)12-9-21(28)29/h5-6,14-15,19H,7-13H2,1-4H3,(H,26,30)(H,28,29)/t19?,24-/m0/s1. The Morgan fingerprint density at radius 1 is 1.39 bits per heavy atom. The molecule has 0 saturated heterocycles. The normalized spacial score (nSPS) is 23.8. The van der Waals surface area contributed by atoms with Crippen LogP contribution in [0.2, 0.25) is 5.02 Å². The number of aliphatic carboxylic acids is 1. The summed E-state index contributed by atoms with van der Waals surface area (Å²) in [5, 5.41) is 12.9. The van der Waals surface area contributed by atoms with Gasteiger partial charge in [-0.3, -0.25) is 4.79 Å². The van der Waals surface area contributed by atoms with Crippen LogP contribution in [0.15, 0.2) is 30.0 Å². The van der Waals surface area contributed by atoms with Crippen molar-refractivity contribution >= 4 is 23.6 Å². The maximum Gasteiger partial charge on any atom is 0.322 e. The molecule has 3 rings (SSSR count). The van der Waals surface area contributed by atoms with Crippen LogP contribution in [0.1, 0.15) is 64.0 Å². The number of carbonyl (C=O) groups is 2. The Morgan fingerprint density at radius 3 is 2.74 bits per heavy atom. The first-order chi connectivity index (χ1) is 14.5. The molecule has 7 heteroatoms. The van der Waals surface area contributed by atoms with E-state index in [1.807, 2.05) is 12.3 Å². The Kier molecular flexibility index (Phi) is 7.01. The highest BCUT2D eigenvalue weighted by Crippen LogP contribution is 2.45. The highest BCUT2D eigenvalue weighted by Gasteiger charge is 2.46. The number of hydrogen-bond acceptors (Lipinski definition) is 3. The van der Waals surface area contributed by atoms with Crippen LogP contribution < -0.4 is 5.32 Å². The Labute approximate surface area is 189 Å². The predicted octanol–water partition coefficient (Wildman–Crippen LogP) is 5.10. The second kappa shape index (κ2) is 9.21. The first-order valence-electron chi connectivity index (χ1n) is 10.9. The summed E-state index contributed by atoms with van der Waals surface area (Å²) in [7, 11) is 1.70. The number of benzene rings is 1. The molecule has 1 aromatic rings. The van der Waals surface area contributed by atoms with Crippen LogP contribution in [0.4, 0.5) is 4.79 Å². The fourth-order valence-electron chi connectivity index (χ4n) is 4.38. The Bertz CT molecular complexity index is 877. The molecule has 1 saturated carbocycles. The molecule has 1 unspecified atom stereocenters. The Balaban J connectivity index is 1.93. The molecule has 2 amide bonds. The van der Waals surface area contributed by atoms with Crippen molar-refractivity contribution in [3.05, 3.63) is 46.1 Å². The number of carboxylic acids is 1. The highest BCUT2D eigenvalue weighted by atomic mass is 35.5. The van der Waals surface area contributed by atoms with Gasteiger partial charge < -0.3 is 20.1 Å². The van der Waals surface area contributed by atoms with Crippen molar-refractivity contribution in [2.24, 2.45) is 5.41 Å². The molecule has 31 heavy (non-hydrogen) atoms. The van der Waals surface area contributed by atoms with Crippen LogP contribution in [0, 0.1) is 5.41 Å². The van der Waals surface area contributed by atoms with E-state index in [9.17, 15) is 9.59 Å². The lowest BCUT2D eigenvalue weighted by atomic mass is 9.71. The summed E-state index contributed by atoms with van der Waals surface area (Å²) in [4.78, 5) is 25.3. The largest absolute Gasteiger partial charge is 0.481 e. The summed E-state index contributed by atoms with van der Waals surface area (Å²) in [6.45, 7) is 6.78. The van der Waals surface area contributed by atoms with Crippen LogP contribution in [0.25, 0.3) is 0 Å². The van der Waals surface area contributed by atoms with Crippen LogP contribution >= 0.6 is 11.6 Å². The van der Waals surface area contributed by atoms with E-state index in [-0.39, 0.29) is 30.5 Å². The zero-order valence-electron chi connectivity index (χ0n) is 18.8. The zero-order valence-corrected chi connectivity index (χ0v) is 19.6. The molecular formula is C24H33ClN2O4. The van der Waals surface area contributed by atoms with Gasteiger partial charge >= 0.3 is 12.0 Å². The minimum atomic E-state index is -0.931. The Morgan fingerprint density at radius 2 is 2.13 bits per heavy atom. The number of amides is 2. The highest BCUT2D eigenvalue weighted by molar-refractivity contribution is 6.31. The van der Waals surface area contributed by atoms with Gasteiger partial charge in [-0.15, -0.1) is 0 Å². The maximum atomic E-state index is 12.9. The van der Waals surface area contributed by atoms with E-state index < -0.39 is 11.5 Å². The lowest BCUT2D eigenvalue weighted by molar-refractivity contribution is -0.137. The number of aryl methyl sites for hydroxylation is 1. The van der Waals surface area contributed by atoms with Crippen molar-refractivity contribution in [2.75, 3.05) is 13.7 Å². The predicted molar refractivity (Wildman–Crippen MR) is 121 cm³/mol. The number of carbonyl (C=O) groups excluding carboxylic acids is 1. The SMILES string of the molecule is COC1CC[C@@]2(c3ccc(CCC(C)(C)C)c(Cl)c3)NC(=O)N(CCC(=O)O)C=C2C1. The number of ether oxygens (including phenoxy) is 1. The van der Waals surface area contributed by atoms with Gasteiger partial charge in [0.05, 0.1) is 18.1 Å². The van der Waals surface area contributed by atoms with E-state index >= 15 is 0 Å². The number of carboxylic acid groups (broad SMARTS) is 1. The fraction of sp³-hybridized carbons (Fsp3) is 0.583. The molecule has 1 aromatic carbocycles. The van der Waals surface area contributed by atoms with Crippen molar-refractivity contribution in [3.8, 4) is 0 Å². The van der Waals surface area contributed by atoms with E-state index in [1.165, 1.54) is 4.90 Å². The summed E-state index contributed by atoms with van der Waals surface area (Å²) >= 11 is 6.68. The van der Waals surface area contributed by atoms with Gasteiger partial charge in [-0.05, 0) is 60.3 Å². The quantitative estimate of drug-likeness (QED) is 0.608. The van der Waals surface area contributed by atoms with Crippen molar-refractivity contribution in [2.45, 2.75) is 70.9 Å². The van der Waals surface area contributed by atoms with Gasteiger partial charge in [0, 0.05) is 24.9 Å². The zero-order chi connectivity index (χ0) is 22.8. The number of nitrogens with zero attached hydrogens (tertiary/aromatic N) is 1. The topological polar surface area (TPSA) is 78.9 Å². The second-order valence-electron chi connectivity index (χ2n) is 9.79. The summed E-state index contributed by atoms with van der Waals surface area (Å²) in [6, 6.07) is 5.83. The number of rotatable bonds is 7. The first-order valence-corrected chi connectivity index (χ1v) is 11.3. The van der Waals surface area contributed by atoms with E-state index in [0.29, 0.717) is 17.9 Å². The van der Waals surface area contributed by atoms with Gasteiger partial charge in [-0.1, -0.05) is 44.5 Å². The number of methoxy groups -OCH3 is 1. The van der Waals surface area contributed by atoms with Crippen LogP contribution in [0.5, 0.6) is 0 Å². The maximum absolute atomic E-state index is 12.9. The number of halogens is 1. The lowest BCUT2D eigenvalue weighted by Gasteiger charge is -2.47. The van der Waals surface area contributed by atoms with Crippen molar-refractivity contribution < 1.29 is 19.4 Å². The number of nitrogens with one attached hydrogen (secondary N) is 1. The molecule has 0 aromatic heterocycles. The molecule has 2 aliphatic rings. The molecule has 2 N–H and O–H groups in total. The van der Waals surface area contributed by atoms with Gasteiger partial charge in [-0.2, -0.15) is 0 Å². The molecular weight excluding hydrogens is 416 g/mol. The smallest absolute Gasteiger partial charge is 0.322 e. The van der Waals surface area contributed by atoms with Gasteiger partial charge in [0.25, 0.3) is 0 Å². The molecule has 1 aliphatic heterocycles. The average molecular weight is 449 g/mol. The summed E-state index contributed by atoms with van der Waals surface area (Å²) in [5.74, 6) is -0.931. The molecule has 1 heterocycles. The third-order valence-corrected chi connectivity index (χ3v) is 6.67. The van der Waals surface area contributed by atoms with E-state index in [2.05, 4.69) is 38.2 Å². The molecule has 2 atom stereocenters. The van der Waals surface area contributed by atoms with Crippen LogP contribution in [-0.2, 0) is 21.5 Å². The second-order valence-corrected chi connectivity index (χ2v) is 10.2. The Hall–Kier alpha value is -2.05. The molecule has 170 valence electrons. The monoisotopic (exact) mass is 448 g/mol. The van der Waals surface area contributed by atoms with Gasteiger partial charge in [0.1, 0.15) is 0 Å². The fourth-order valence-corrected chi connectivity index (χ4v) is 4.65. The van der Waals surface area contributed by atoms with Gasteiger partial charge in [0.2, 0.25) is 0 Å². The van der Waals surface area contributed by atoms with Crippen molar-refractivity contribution in [3.63, 3.8) is 0 Å². The van der Waals surface area contributed by atoms with Crippen molar-refractivity contribution in [1.29, 1.82) is 0 Å². The number of hydrogen-bond donors (Lipinski definition) is 2. The summed E-state index contributed by atoms with van der Waals surface area (Å²) in [6.07, 6.45) is 5.90. The molecule has 0 spiro atoms. The molecule has 6 nitrogen and oxygen atoms in total. The van der Waals surface area contributed by atoms with E-state index in [1.54, 1.807) is 7.11 Å². The van der Waals surface area contributed by atoms with Crippen LogP contribution in [0.3, 0.4) is 0 Å². The molecule has 0 bridgehead atoms. The molecule has 1 aliphatic carbocycles.